The number of hydrogen-bond acceptors (Lipinski definition) is 5. The van der Waals surface area contributed by atoms with Gasteiger partial charge in [-0.2, -0.15) is 9.61 Å². The molecule has 3 aliphatic heterocycles. The van der Waals surface area contributed by atoms with Crippen molar-refractivity contribution in [2.45, 2.75) is 64.9 Å². The van der Waals surface area contributed by atoms with Crippen molar-refractivity contribution in [3.63, 3.8) is 0 Å². The summed E-state index contributed by atoms with van der Waals surface area (Å²) in [7, 11) is 0. The summed E-state index contributed by atoms with van der Waals surface area (Å²) in [6, 6.07) is 11.1. The van der Waals surface area contributed by atoms with E-state index < -0.39 is 11.6 Å². The average Bonchev–Trinajstić information content (AvgIpc) is 3.36. The van der Waals surface area contributed by atoms with E-state index in [1.165, 1.54) is 23.8 Å². The zero-order valence-corrected chi connectivity index (χ0v) is 23.5. The molecule has 0 aliphatic carbocycles. The topological polar surface area (TPSA) is 51.9 Å². The van der Waals surface area contributed by atoms with Crippen molar-refractivity contribution in [1.29, 1.82) is 0 Å². The third-order valence-electron chi connectivity index (χ3n) is 8.35. The molecule has 1 saturated heterocycles. The van der Waals surface area contributed by atoms with Crippen molar-refractivity contribution >= 4 is 11.5 Å². The highest BCUT2D eigenvalue weighted by Gasteiger charge is 2.33. The van der Waals surface area contributed by atoms with Crippen molar-refractivity contribution in [2.24, 2.45) is 0 Å². The predicted molar refractivity (Wildman–Crippen MR) is 153 cm³/mol. The second-order valence-electron chi connectivity index (χ2n) is 11.2. The van der Waals surface area contributed by atoms with E-state index in [1.807, 2.05) is 10.6 Å². The van der Waals surface area contributed by atoms with Gasteiger partial charge in [0.1, 0.15) is 23.2 Å². The van der Waals surface area contributed by atoms with Crippen LogP contribution in [-0.2, 0) is 11.2 Å². The molecule has 2 aromatic carbocycles. The lowest BCUT2D eigenvalue weighted by Crippen LogP contribution is -2.45. The van der Waals surface area contributed by atoms with Gasteiger partial charge in [-0.25, -0.2) is 13.8 Å². The molecule has 40 heavy (non-hydrogen) atoms. The summed E-state index contributed by atoms with van der Waals surface area (Å²) >= 11 is 0. The van der Waals surface area contributed by atoms with Gasteiger partial charge in [0.15, 0.2) is 5.65 Å². The minimum absolute atomic E-state index is 0.155. The van der Waals surface area contributed by atoms with Gasteiger partial charge < -0.3 is 14.4 Å². The highest BCUT2D eigenvalue weighted by atomic mass is 19.1. The molecule has 0 amide bonds. The second kappa shape index (κ2) is 10.8. The van der Waals surface area contributed by atoms with Crippen molar-refractivity contribution in [3.8, 4) is 28.1 Å². The predicted octanol–water partition coefficient (Wildman–Crippen LogP) is 7.15. The van der Waals surface area contributed by atoms with Crippen molar-refractivity contribution < 1.29 is 18.3 Å². The van der Waals surface area contributed by atoms with Crippen LogP contribution < -0.4 is 9.64 Å². The standard InChI is InChI=1S/C32H36F2N4O2/c1-4-24-21(2)35-30-20-28-22-8-11-27(34)26(18-22)25-10-9-23(33)19-29(25)39-16-6-5-7-17-40-32(3)12-14-37(15-13-32)31(24)38(30)36-28/h8-11,18-20H,4-7,12-17H2,1-3H3. The zero-order chi connectivity index (χ0) is 27.9. The molecule has 2 aromatic heterocycles. The zero-order valence-electron chi connectivity index (χ0n) is 23.5. The van der Waals surface area contributed by atoms with Gasteiger partial charge >= 0.3 is 0 Å². The first-order valence-electron chi connectivity index (χ1n) is 14.4. The normalized spacial score (nSPS) is 17.6. The molecule has 4 aromatic rings. The summed E-state index contributed by atoms with van der Waals surface area (Å²) in [6.45, 7) is 9.29. The van der Waals surface area contributed by atoms with Crippen LogP contribution in [0.15, 0.2) is 42.5 Å². The van der Waals surface area contributed by atoms with Gasteiger partial charge in [0.2, 0.25) is 0 Å². The molecular formula is C32H36F2N4O2. The lowest BCUT2D eigenvalue weighted by molar-refractivity contribution is -0.0494. The molecule has 0 unspecified atom stereocenters. The maximum absolute atomic E-state index is 15.2. The number of ether oxygens (including phenoxy) is 2. The Bertz CT molecular complexity index is 1540. The smallest absolute Gasteiger partial charge is 0.158 e. The van der Waals surface area contributed by atoms with E-state index in [0.717, 1.165) is 74.3 Å². The van der Waals surface area contributed by atoms with Crippen LogP contribution in [0.2, 0.25) is 0 Å². The molecule has 0 atom stereocenters. The first-order chi connectivity index (χ1) is 19.3. The van der Waals surface area contributed by atoms with Crippen LogP contribution in [-0.4, -0.2) is 46.5 Å². The number of piperidine rings is 1. The van der Waals surface area contributed by atoms with Gasteiger partial charge in [0, 0.05) is 59.8 Å². The lowest BCUT2D eigenvalue weighted by atomic mass is 9.93. The first-order valence-corrected chi connectivity index (χ1v) is 14.4. The van der Waals surface area contributed by atoms with Crippen LogP contribution in [0.25, 0.3) is 28.0 Å². The van der Waals surface area contributed by atoms with E-state index in [-0.39, 0.29) is 5.60 Å². The van der Waals surface area contributed by atoms with Gasteiger partial charge in [-0.15, -0.1) is 0 Å². The summed E-state index contributed by atoms with van der Waals surface area (Å²) in [5, 5.41) is 5.01. The third-order valence-corrected chi connectivity index (χ3v) is 8.35. The van der Waals surface area contributed by atoms with E-state index in [0.29, 0.717) is 35.8 Å². The summed E-state index contributed by atoms with van der Waals surface area (Å²) < 4.78 is 43.8. The Morgan fingerprint density at radius 2 is 1.75 bits per heavy atom. The maximum Gasteiger partial charge on any atom is 0.158 e. The van der Waals surface area contributed by atoms with Crippen LogP contribution >= 0.6 is 0 Å². The maximum atomic E-state index is 15.2. The number of rotatable bonds is 1. The van der Waals surface area contributed by atoms with Gasteiger partial charge in [-0.3, -0.25) is 0 Å². The lowest BCUT2D eigenvalue weighted by Gasteiger charge is -2.41. The molecule has 6 nitrogen and oxygen atoms in total. The van der Waals surface area contributed by atoms with E-state index in [1.54, 1.807) is 18.2 Å². The molecule has 0 radical (unpaired) electrons. The average molecular weight is 547 g/mol. The number of hydrogen-bond donors (Lipinski definition) is 0. The molecule has 0 spiro atoms. The van der Waals surface area contributed by atoms with Crippen LogP contribution in [0.1, 0.15) is 57.2 Å². The molecule has 8 heteroatoms. The van der Waals surface area contributed by atoms with Gasteiger partial charge in [-0.05, 0) is 82.7 Å². The van der Waals surface area contributed by atoms with E-state index in [2.05, 4.69) is 25.7 Å². The third kappa shape index (κ3) is 5.05. The van der Waals surface area contributed by atoms with E-state index in [4.69, 9.17) is 19.6 Å². The fourth-order valence-electron chi connectivity index (χ4n) is 5.96. The number of anilines is 1. The Hall–Kier alpha value is -3.52. The first kappa shape index (κ1) is 26.7. The Balaban J connectivity index is 1.49. The van der Waals surface area contributed by atoms with Crippen molar-refractivity contribution in [3.05, 3.63) is 65.4 Å². The monoisotopic (exact) mass is 546 g/mol. The van der Waals surface area contributed by atoms with E-state index in [9.17, 15) is 4.39 Å². The van der Waals surface area contributed by atoms with Crippen molar-refractivity contribution in [2.75, 3.05) is 31.2 Å². The summed E-state index contributed by atoms with van der Waals surface area (Å²) in [6.07, 6.45) is 5.37. The molecule has 0 N–H and O–H groups in total. The molecular weight excluding hydrogens is 510 g/mol. The number of halogens is 2. The Morgan fingerprint density at radius 3 is 2.55 bits per heavy atom. The number of aromatic nitrogens is 3. The molecule has 7 rings (SSSR count). The van der Waals surface area contributed by atoms with Gasteiger partial charge in [0.25, 0.3) is 0 Å². The molecule has 3 aliphatic rings. The number of fused-ring (bicyclic) bond motifs is 8. The van der Waals surface area contributed by atoms with E-state index >= 15 is 4.39 Å². The van der Waals surface area contributed by atoms with Crippen molar-refractivity contribution in [1.82, 2.24) is 14.6 Å². The quantitative estimate of drug-likeness (QED) is 0.254. The number of nitrogens with zero attached hydrogens (tertiary/aromatic N) is 4. The summed E-state index contributed by atoms with van der Waals surface area (Å²) in [5.41, 5.74) is 5.10. The molecule has 0 saturated carbocycles. The Morgan fingerprint density at radius 1 is 0.950 bits per heavy atom. The largest absolute Gasteiger partial charge is 0.493 e. The fourth-order valence-corrected chi connectivity index (χ4v) is 5.96. The number of benzene rings is 2. The second-order valence-corrected chi connectivity index (χ2v) is 11.2. The molecule has 5 heterocycles. The van der Waals surface area contributed by atoms with Gasteiger partial charge in [-0.1, -0.05) is 6.92 Å². The number of aryl methyl sites for hydroxylation is 1. The highest BCUT2D eigenvalue weighted by molar-refractivity contribution is 5.77. The molecule has 1 fully saturated rings. The van der Waals surface area contributed by atoms with Crippen LogP contribution in [0, 0.1) is 18.6 Å². The minimum atomic E-state index is -0.419. The highest BCUT2D eigenvalue weighted by Crippen LogP contribution is 2.37. The fraction of sp³-hybridized carbons (Fsp3) is 0.438. The van der Waals surface area contributed by atoms with Crippen LogP contribution in [0.4, 0.5) is 14.6 Å². The van der Waals surface area contributed by atoms with Crippen LogP contribution in [0.5, 0.6) is 5.75 Å². The SMILES string of the molecule is CCc1c(C)nc2cc3nn2c1N1CCC(C)(CC1)OCCCCCOc1cc(F)ccc1-c1cc-3ccc1F. The summed E-state index contributed by atoms with van der Waals surface area (Å²) in [4.78, 5) is 7.30. The Kier molecular flexibility index (Phi) is 7.21. The van der Waals surface area contributed by atoms with Gasteiger partial charge in [0.05, 0.1) is 17.9 Å². The Labute approximate surface area is 233 Å². The summed E-state index contributed by atoms with van der Waals surface area (Å²) in [5.74, 6) is 0.589. The van der Waals surface area contributed by atoms with Crippen LogP contribution in [0.3, 0.4) is 0 Å². The minimum Gasteiger partial charge on any atom is -0.493 e. The molecule has 210 valence electrons. The molecule has 6 bridgehead atoms.